The third-order valence-corrected chi connectivity index (χ3v) is 4.39. The second-order valence-electron chi connectivity index (χ2n) is 6.36. The van der Waals surface area contributed by atoms with E-state index in [1.807, 2.05) is 0 Å². The minimum atomic E-state index is 0.684. The van der Waals surface area contributed by atoms with Crippen LogP contribution in [0.4, 0.5) is 5.82 Å². The van der Waals surface area contributed by atoms with Crippen LogP contribution in [0, 0.1) is 5.92 Å². The van der Waals surface area contributed by atoms with Crippen molar-refractivity contribution in [3.8, 4) is 0 Å². The SMILES string of the molecule is CCC(C)CN(C)c1nc2ccccn2c1CNC1CC1. The van der Waals surface area contributed by atoms with E-state index in [-0.39, 0.29) is 0 Å². The molecule has 0 aliphatic heterocycles. The molecule has 0 spiro atoms. The van der Waals surface area contributed by atoms with Crippen LogP contribution in [0.1, 0.15) is 38.8 Å². The molecule has 3 rings (SSSR count). The molecule has 1 unspecified atom stereocenters. The van der Waals surface area contributed by atoms with Crippen LogP contribution in [0.25, 0.3) is 5.65 Å². The summed E-state index contributed by atoms with van der Waals surface area (Å²) in [7, 11) is 2.16. The normalized spacial score (nSPS) is 16.3. The summed E-state index contributed by atoms with van der Waals surface area (Å²) in [5.74, 6) is 1.80. The molecule has 2 aromatic rings. The van der Waals surface area contributed by atoms with Crippen molar-refractivity contribution >= 4 is 11.5 Å². The average Bonchev–Trinajstić information content (AvgIpc) is 3.24. The number of nitrogens with zero attached hydrogens (tertiary/aromatic N) is 3. The number of hydrogen-bond acceptors (Lipinski definition) is 3. The molecule has 21 heavy (non-hydrogen) atoms. The number of aromatic nitrogens is 2. The van der Waals surface area contributed by atoms with Gasteiger partial charge in [0.15, 0.2) is 5.82 Å². The molecule has 0 saturated heterocycles. The van der Waals surface area contributed by atoms with E-state index >= 15 is 0 Å². The predicted molar refractivity (Wildman–Crippen MR) is 87.8 cm³/mol. The van der Waals surface area contributed by atoms with E-state index in [9.17, 15) is 0 Å². The Kier molecular flexibility index (Phi) is 4.15. The molecule has 0 radical (unpaired) electrons. The Hall–Kier alpha value is -1.55. The quantitative estimate of drug-likeness (QED) is 0.849. The fourth-order valence-electron chi connectivity index (χ4n) is 2.72. The summed E-state index contributed by atoms with van der Waals surface area (Å²) in [6, 6.07) is 6.93. The average molecular weight is 286 g/mol. The third-order valence-electron chi connectivity index (χ3n) is 4.39. The fourth-order valence-corrected chi connectivity index (χ4v) is 2.72. The Morgan fingerprint density at radius 1 is 1.43 bits per heavy atom. The second kappa shape index (κ2) is 6.06. The van der Waals surface area contributed by atoms with E-state index in [0.29, 0.717) is 12.0 Å². The molecular formula is C17H26N4. The lowest BCUT2D eigenvalue weighted by molar-refractivity contribution is 0.556. The zero-order valence-corrected chi connectivity index (χ0v) is 13.3. The molecule has 1 fully saturated rings. The maximum absolute atomic E-state index is 4.85. The molecule has 1 saturated carbocycles. The highest BCUT2D eigenvalue weighted by atomic mass is 15.2. The lowest BCUT2D eigenvalue weighted by Crippen LogP contribution is -2.26. The van der Waals surface area contributed by atoms with Crippen LogP contribution in [0.15, 0.2) is 24.4 Å². The highest BCUT2D eigenvalue weighted by Crippen LogP contribution is 2.24. The van der Waals surface area contributed by atoms with Gasteiger partial charge in [0.1, 0.15) is 5.65 Å². The number of hydrogen-bond donors (Lipinski definition) is 1. The van der Waals surface area contributed by atoms with Crippen molar-refractivity contribution in [3.05, 3.63) is 30.1 Å². The Labute approximate surface area is 127 Å². The highest BCUT2D eigenvalue weighted by molar-refractivity contribution is 5.55. The van der Waals surface area contributed by atoms with Gasteiger partial charge in [-0.2, -0.15) is 0 Å². The Bertz CT molecular complexity index is 600. The molecule has 0 bridgehead atoms. The molecular weight excluding hydrogens is 260 g/mol. The number of imidazole rings is 1. The second-order valence-corrected chi connectivity index (χ2v) is 6.36. The molecule has 0 amide bonds. The first kappa shape index (κ1) is 14.4. The first-order chi connectivity index (χ1) is 10.2. The van der Waals surface area contributed by atoms with Crippen molar-refractivity contribution in [3.63, 3.8) is 0 Å². The molecule has 1 atom stereocenters. The van der Waals surface area contributed by atoms with Gasteiger partial charge in [0.05, 0.1) is 5.69 Å². The number of fused-ring (bicyclic) bond motifs is 1. The third kappa shape index (κ3) is 3.21. The summed E-state index contributed by atoms with van der Waals surface area (Å²) in [6.07, 6.45) is 5.95. The van der Waals surface area contributed by atoms with E-state index in [4.69, 9.17) is 4.98 Å². The van der Waals surface area contributed by atoms with Crippen LogP contribution in [0.5, 0.6) is 0 Å². The van der Waals surface area contributed by atoms with Crippen LogP contribution in [-0.4, -0.2) is 29.0 Å². The van der Waals surface area contributed by atoms with Crippen molar-refractivity contribution in [2.24, 2.45) is 5.92 Å². The molecule has 2 aromatic heterocycles. The first-order valence-electron chi connectivity index (χ1n) is 8.09. The molecule has 4 nitrogen and oxygen atoms in total. The number of anilines is 1. The predicted octanol–water partition coefficient (Wildman–Crippen LogP) is 3.07. The van der Waals surface area contributed by atoms with Gasteiger partial charge < -0.3 is 14.6 Å². The van der Waals surface area contributed by atoms with Gasteiger partial charge in [0, 0.05) is 32.4 Å². The van der Waals surface area contributed by atoms with Crippen LogP contribution in [0.2, 0.25) is 0 Å². The minimum Gasteiger partial charge on any atom is -0.358 e. The smallest absolute Gasteiger partial charge is 0.152 e. The van der Waals surface area contributed by atoms with Crippen LogP contribution >= 0.6 is 0 Å². The van der Waals surface area contributed by atoms with Crippen molar-refractivity contribution in [1.29, 1.82) is 0 Å². The van der Waals surface area contributed by atoms with Crippen LogP contribution < -0.4 is 10.2 Å². The molecule has 2 heterocycles. The molecule has 1 aliphatic carbocycles. The maximum Gasteiger partial charge on any atom is 0.152 e. The minimum absolute atomic E-state index is 0.684. The van der Waals surface area contributed by atoms with Crippen LogP contribution in [-0.2, 0) is 6.54 Å². The van der Waals surface area contributed by atoms with E-state index in [2.05, 4.69) is 59.9 Å². The van der Waals surface area contributed by atoms with Gasteiger partial charge in [-0.25, -0.2) is 4.98 Å². The van der Waals surface area contributed by atoms with Crippen molar-refractivity contribution in [2.45, 2.75) is 45.7 Å². The largest absolute Gasteiger partial charge is 0.358 e. The van der Waals surface area contributed by atoms with Crippen molar-refractivity contribution in [2.75, 3.05) is 18.5 Å². The van der Waals surface area contributed by atoms with Crippen molar-refractivity contribution < 1.29 is 0 Å². The maximum atomic E-state index is 4.85. The number of pyridine rings is 1. The van der Waals surface area contributed by atoms with Gasteiger partial charge in [-0.15, -0.1) is 0 Å². The Balaban J connectivity index is 1.88. The van der Waals surface area contributed by atoms with Crippen molar-refractivity contribution in [1.82, 2.24) is 14.7 Å². The zero-order valence-electron chi connectivity index (χ0n) is 13.3. The standard InChI is InChI=1S/C17H26N4/c1-4-13(2)12-20(3)17-15(11-18-14-8-9-14)21-10-6-5-7-16(21)19-17/h5-7,10,13-14,18H,4,8-9,11-12H2,1-3H3. The van der Waals surface area contributed by atoms with E-state index < -0.39 is 0 Å². The highest BCUT2D eigenvalue weighted by Gasteiger charge is 2.23. The van der Waals surface area contributed by atoms with E-state index in [1.165, 1.54) is 25.0 Å². The molecule has 114 valence electrons. The monoisotopic (exact) mass is 286 g/mol. The fraction of sp³-hybridized carbons (Fsp3) is 0.588. The number of rotatable bonds is 7. The summed E-state index contributed by atoms with van der Waals surface area (Å²) in [4.78, 5) is 7.16. The van der Waals surface area contributed by atoms with Crippen LogP contribution in [0.3, 0.4) is 0 Å². The lowest BCUT2D eigenvalue weighted by Gasteiger charge is -2.22. The summed E-state index contributed by atoms with van der Waals surface area (Å²) in [6.45, 7) is 6.50. The zero-order chi connectivity index (χ0) is 14.8. The van der Waals surface area contributed by atoms with Gasteiger partial charge in [-0.05, 0) is 30.9 Å². The Morgan fingerprint density at radius 3 is 2.95 bits per heavy atom. The molecule has 4 heteroatoms. The van der Waals surface area contributed by atoms with Gasteiger partial charge in [-0.3, -0.25) is 0 Å². The van der Waals surface area contributed by atoms with Gasteiger partial charge >= 0.3 is 0 Å². The molecule has 1 aliphatic rings. The summed E-state index contributed by atoms with van der Waals surface area (Å²) in [5, 5.41) is 3.63. The van der Waals surface area contributed by atoms with Gasteiger partial charge in [-0.1, -0.05) is 26.3 Å². The number of nitrogens with one attached hydrogen (secondary N) is 1. The summed E-state index contributed by atoms with van der Waals surface area (Å²) >= 11 is 0. The lowest BCUT2D eigenvalue weighted by atomic mass is 10.1. The summed E-state index contributed by atoms with van der Waals surface area (Å²) in [5.41, 5.74) is 2.32. The van der Waals surface area contributed by atoms with Gasteiger partial charge in [0.2, 0.25) is 0 Å². The van der Waals surface area contributed by atoms with Gasteiger partial charge in [0.25, 0.3) is 0 Å². The summed E-state index contributed by atoms with van der Waals surface area (Å²) < 4.78 is 2.22. The van der Waals surface area contributed by atoms with E-state index in [0.717, 1.165) is 24.6 Å². The van der Waals surface area contributed by atoms with E-state index in [1.54, 1.807) is 0 Å². The molecule has 0 aromatic carbocycles. The molecule has 1 N–H and O–H groups in total. The Morgan fingerprint density at radius 2 is 2.24 bits per heavy atom. The first-order valence-corrected chi connectivity index (χ1v) is 8.09. The topological polar surface area (TPSA) is 32.6 Å².